The van der Waals surface area contributed by atoms with Crippen molar-refractivity contribution in [1.82, 2.24) is 0 Å². The van der Waals surface area contributed by atoms with Crippen LogP contribution >= 0.6 is 0 Å². The van der Waals surface area contributed by atoms with Crippen molar-refractivity contribution >= 4 is 19.1 Å². The number of halogens is 6. The fourth-order valence-electron chi connectivity index (χ4n) is 3.45. The number of rotatable bonds is 5. The third-order valence-corrected chi connectivity index (χ3v) is 10.5. The van der Waals surface area contributed by atoms with E-state index < -0.39 is 59.7 Å². The van der Waals surface area contributed by atoms with Gasteiger partial charge in [-0.15, -0.1) is 0 Å². The van der Waals surface area contributed by atoms with Gasteiger partial charge in [0.25, 0.3) is 8.32 Å². The number of benzene rings is 2. The van der Waals surface area contributed by atoms with Gasteiger partial charge in [-0.2, -0.15) is 4.39 Å². The summed E-state index contributed by atoms with van der Waals surface area (Å²) in [4.78, 5) is 0. The van der Waals surface area contributed by atoms with E-state index in [-0.39, 0.29) is 11.1 Å². The van der Waals surface area contributed by atoms with Crippen LogP contribution in [-0.2, 0) is 0 Å². The third kappa shape index (κ3) is 2.98. The second-order valence-corrected chi connectivity index (χ2v) is 11.9. The molecular weight excluding hydrogens is 374 g/mol. The zero-order valence-corrected chi connectivity index (χ0v) is 16.0. The molecule has 0 aliphatic rings. The van der Waals surface area contributed by atoms with Crippen LogP contribution in [0.3, 0.4) is 0 Å². The summed E-state index contributed by atoms with van der Waals surface area (Å²) < 4.78 is 90.6. The van der Waals surface area contributed by atoms with Gasteiger partial charge in [0.15, 0.2) is 29.0 Å². The molecule has 0 saturated heterocycles. The first-order chi connectivity index (χ1) is 12.0. The van der Waals surface area contributed by atoms with E-state index in [1.54, 1.807) is 6.92 Å². The van der Waals surface area contributed by atoms with E-state index in [9.17, 15) is 26.3 Å². The first-order valence-electron chi connectivity index (χ1n) is 8.24. The maximum Gasteiger partial charge on any atom is 0.256 e. The summed E-state index contributed by atoms with van der Waals surface area (Å²) in [5.41, 5.74) is -0.208. The topological polar surface area (TPSA) is 9.23 Å². The average Bonchev–Trinajstić information content (AvgIpc) is 2.55. The lowest BCUT2D eigenvalue weighted by molar-refractivity contribution is 0.403. The van der Waals surface area contributed by atoms with Gasteiger partial charge in [-0.1, -0.05) is 34.6 Å². The predicted molar refractivity (Wildman–Crippen MR) is 89.6 cm³/mol. The number of fused-ring (bicyclic) bond motifs is 1. The zero-order chi connectivity index (χ0) is 20.0. The summed E-state index contributed by atoms with van der Waals surface area (Å²) >= 11 is 0. The van der Waals surface area contributed by atoms with Crippen molar-refractivity contribution in [3.8, 4) is 5.75 Å². The van der Waals surface area contributed by atoms with Crippen molar-refractivity contribution in [3.63, 3.8) is 0 Å². The molecule has 0 aliphatic heterocycles. The van der Waals surface area contributed by atoms with Crippen LogP contribution in [0.2, 0.25) is 17.1 Å². The highest BCUT2D eigenvalue weighted by molar-refractivity contribution is 6.77. The van der Waals surface area contributed by atoms with Crippen LogP contribution < -0.4 is 4.43 Å². The Kier molecular flexibility index (Phi) is 5.65. The summed E-state index contributed by atoms with van der Waals surface area (Å²) in [5, 5.41) is -2.65. The molecule has 8 heteroatoms. The van der Waals surface area contributed by atoms with Crippen LogP contribution in [0.4, 0.5) is 26.3 Å². The van der Waals surface area contributed by atoms with Crippen LogP contribution in [0.15, 0.2) is 0 Å². The van der Waals surface area contributed by atoms with Gasteiger partial charge in [0.05, 0.1) is 16.8 Å². The van der Waals surface area contributed by atoms with Gasteiger partial charge in [0.1, 0.15) is 5.82 Å². The standard InChI is InChI=1S/C18H19F6OSi/c1-6-26(8(2)3,9(4)5)25-18-16(23)13-12(15(22)17(18)24)10(19)7-11(20)14(13)21/h8-9H,6H2,1-5H3. The minimum absolute atomic E-state index is 0.104. The molecule has 0 aliphatic carbocycles. The molecule has 143 valence electrons. The van der Waals surface area contributed by atoms with Crippen LogP contribution in [0, 0.1) is 41.0 Å². The molecule has 2 rings (SSSR count). The smallest absolute Gasteiger partial charge is 0.256 e. The van der Waals surface area contributed by atoms with Crippen LogP contribution in [-0.4, -0.2) is 8.32 Å². The predicted octanol–water partition coefficient (Wildman–Crippen LogP) is 6.64. The Morgan fingerprint density at radius 2 is 1.31 bits per heavy atom. The largest absolute Gasteiger partial charge is 0.539 e. The molecule has 0 spiro atoms. The molecule has 0 heterocycles. The molecule has 0 amide bonds. The molecule has 2 aromatic rings. The van der Waals surface area contributed by atoms with E-state index in [0.717, 1.165) is 0 Å². The van der Waals surface area contributed by atoms with Crippen LogP contribution in [0.25, 0.3) is 10.8 Å². The molecule has 0 unspecified atom stereocenters. The quantitative estimate of drug-likeness (QED) is 0.314. The summed E-state index contributed by atoms with van der Waals surface area (Å²) in [7, 11) is -2.85. The van der Waals surface area contributed by atoms with E-state index in [2.05, 4.69) is 0 Å². The highest BCUT2D eigenvalue weighted by Gasteiger charge is 2.44. The fourth-order valence-corrected chi connectivity index (χ4v) is 7.59. The van der Waals surface area contributed by atoms with Crippen molar-refractivity contribution in [3.05, 3.63) is 41.0 Å². The van der Waals surface area contributed by atoms with Crippen molar-refractivity contribution < 1.29 is 30.8 Å². The van der Waals surface area contributed by atoms with Gasteiger partial charge < -0.3 is 4.43 Å². The molecule has 26 heavy (non-hydrogen) atoms. The molecule has 0 fully saturated rings. The summed E-state index contributed by atoms with van der Waals surface area (Å²) in [6, 6.07) is 1.73. The van der Waals surface area contributed by atoms with E-state index in [4.69, 9.17) is 4.43 Å². The second-order valence-electron chi connectivity index (χ2n) is 6.81. The Balaban J connectivity index is 2.87. The summed E-state index contributed by atoms with van der Waals surface area (Å²) in [6.07, 6.45) is 0. The molecule has 0 atom stereocenters. The van der Waals surface area contributed by atoms with Crippen molar-refractivity contribution in [2.24, 2.45) is 0 Å². The normalized spacial score (nSPS) is 12.5. The molecule has 0 N–H and O–H groups in total. The average molecular weight is 393 g/mol. The number of hydrogen-bond donors (Lipinski definition) is 0. The first kappa shape index (κ1) is 20.6. The van der Waals surface area contributed by atoms with Crippen molar-refractivity contribution in [1.29, 1.82) is 0 Å². The molecule has 1 nitrogen and oxygen atoms in total. The SMILES string of the molecule is CC[Si](Oc1c(F)c(F)c2c(F)[c]c(F)c(F)c2c1F)(C(C)C)C(C)C. The minimum Gasteiger partial charge on any atom is -0.539 e. The zero-order valence-electron chi connectivity index (χ0n) is 15.0. The van der Waals surface area contributed by atoms with Gasteiger partial charge in [0, 0.05) is 0 Å². The first-order valence-corrected chi connectivity index (χ1v) is 10.5. The second kappa shape index (κ2) is 7.13. The Hall–Kier alpha value is -1.70. The maximum absolute atomic E-state index is 14.8. The van der Waals surface area contributed by atoms with E-state index >= 15 is 0 Å². The third-order valence-electron chi connectivity index (χ3n) is 4.93. The van der Waals surface area contributed by atoms with Crippen LogP contribution in [0.1, 0.15) is 34.6 Å². The lowest BCUT2D eigenvalue weighted by Crippen LogP contribution is -2.47. The molecule has 0 aromatic heterocycles. The van der Waals surface area contributed by atoms with Crippen LogP contribution in [0.5, 0.6) is 5.75 Å². The monoisotopic (exact) mass is 393 g/mol. The van der Waals surface area contributed by atoms with Gasteiger partial charge in [-0.3, -0.25) is 0 Å². The lowest BCUT2D eigenvalue weighted by atomic mass is 10.1. The van der Waals surface area contributed by atoms with Gasteiger partial charge >= 0.3 is 0 Å². The van der Waals surface area contributed by atoms with Crippen molar-refractivity contribution in [2.75, 3.05) is 0 Å². The van der Waals surface area contributed by atoms with Crippen molar-refractivity contribution in [2.45, 2.75) is 51.7 Å². The molecule has 2 aromatic carbocycles. The fraction of sp³-hybridized carbons (Fsp3) is 0.444. The summed E-state index contributed by atoms with van der Waals surface area (Å²) in [5.74, 6) is -11.8. The Morgan fingerprint density at radius 1 is 0.769 bits per heavy atom. The minimum atomic E-state index is -2.85. The van der Waals surface area contributed by atoms with Gasteiger partial charge in [0.2, 0.25) is 5.82 Å². The molecular formula is C18H19F6OSi. The summed E-state index contributed by atoms with van der Waals surface area (Å²) in [6.45, 7) is 9.06. The highest BCUT2D eigenvalue weighted by Crippen LogP contribution is 2.42. The molecule has 0 bridgehead atoms. The highest BCUT2D eigenvalue weighted by atomic mass is 28.4. The lowest BCUT2D eigenvalue weighted by Gasteiger charge is -2.38. The maximum atomic E-state index is 14.8. The molecule has 0 saturated carbocycles. The Morgan fingerprint density at radius 3 is 1.77 bits per heavy atom. The Labute approximate surface area is 149 Å². The van der Waals surface area contributed by atoms with Gasteiger partial charge in [-0.05, 0) is 17.1 Å². The van der Waals surface area contributed by atoms with E-state index in [1.165, 1.54) is 6.07 Å². The van der Waals surface area contributed by atoms with E-state index in [1.807, 2.05) is 27.7 Å². The number of hydrogen-bond acceptors (Lipinski definition) is 1. The van der Waals surface area contributed by atoms with E-state index in [0.29, 0.717) is 6.04 Å². The molecule has 1 radical (unpaired) electrons. The Bertz CT molecular complexity index is 842. The van der Waals surface area contributed by atoms with Gasteiger partial charge in [-0.25, -0.2) is 22.0 Å².